The van der Waals surface area contributed by atoms with Gasteiger partial charge in [0.05, 0.1) is 6.10 Å². The number of rotatable bonds is 8. The molecule has 0 aromatic heterocycles. The average Bonchev–Trinajstić information content (AvgIpc) is 2.96. The second-order valence-corrected chi connectivity index (χ2v) is 6.57. The highest BCUT2D eigenvalue weighted by Crippen LogP contribution is 2.29. The maximum absolute atomic E-state index is 12.5. The number of ether oxygens (including phenoxy) is 1. The fourth-order valence-electron chi connectivity index (χ4n) is 3.10. The van der Waals surface area contributed by atoms with Crippen LogP contribution in [0.5, 0.6) is 5.75 Å². The molecule has 1 heterocycles. The molecule has 0 spiro atoms. The normalized spacial score (nSPS) is 19.3. The summed E-state index contributed by atoms with van der Waals surface area (Å²) in [7, 11) is 0. The Labute approximate surface area is 151 Å². The second-order valence-electron chi connectivity index (χ2n) is 6.57. The van der Waals surface area contributed by atoms with E-state index in [0.29, 0.717) is 38.2 Å². The Kier molecular flexibility index (Phi) is 7.28. The van der Waals surface area contributed by atoms with Crippen molar-refractivity contribution in [2.45, 2.75) is 44.6 Å². The number of carbonyl (C=O) groups is 1. The molecule has 0 aliphatic carbocycles. The fraction of sp³-hybridized carbons (Fsp3) is 0.611. The molecule has 1 aliphatic heterocycles. The van der Waals surface area contributed by atoms with Gasteiger partial charge in [-0.25, -0.2) is 0 Å². The Hall–Kier alpha value is -1.80. The molecule has 0 saturated carbocycles. The third-order valence-corrected chi connectivity index (χ3v) is 4.29. The molecule has 146 valence electrons. The molecule has 2 atom stereocenters. The van der Waals surface area contributed by atoms with E-state index in [4.69, 9.17) is 0 Å². The molecule has 2 rings (SSSR count). The minimum absolute atomic E-state index is 0.140. The average molecular weight is 374 g/mol. The van der Waals surface area contributed by atoms with Crippen LogP contribution in [-0.2, 0) is 4.79 Å². The van der Waals surface area contributed by atoms with Gasteiger partial charge in [0.2, 0.25) is 5.91 Å². The first kappa shape index (κ1) is 20.5. The highest BCUT2D eigenvalue weighted by molar-refractivity contribution is 5.76. The first-order valence-electron chi connectivity index (χ1n) is 8.79. The first-order valence-corrected chi connectivity index (χ1v) is 8.79. The van der Waals surface area contributed by atoms with E-state index in [1.807, 2.05) is 11.8 Å². The molecular weight excluding hydrogens is 349 g/mol. The van der Waals surface area contributed by atoms with E-state index >= 15 is 0 Å². The van der Waals surface area contributed by atoms with Gasteiger partial charge in [-0.3, -0.25) is 4.79 Å². The van der Waals surface area contributed by atoms with E-state index in [2.05, 4.69) is 10.1 Å². The Balaban J connectivity index is 2.13. The number of β-amino-alcohol motifs (C(OH)–C–C–N with tert-alkyl or cyclic N) is 1. The van der Waals surface area contributed by atoms with Gasteiger partial charge in [0.15, 0.2) is 0 Å². The maximum Gasteiger partial charge on any atom is 0.573 e. The van der Waals surface area contributed by atoms with Gasteiger partial charge in [0.25, 0.3) is 0 Å². The van der Waals surface area contributed by atoms with Gasteiger partial charge in [-0.1, -0.05) is 19.1 Å². The van der Waals surface area contributed by atoms with E-state index in [9.17, 15) is 23.1 Å². The van der Waals surface area contributed by atoms with Crippen LogP contribution in [0, 0.1) is 0 Å². The van der Waals surface area contributed by atoms with Crippen LogP contribution in [0.1, 0.15) is 37.7 Å². The molecule has 8 heteroatoms. The zero-order chi connectivity index (χ0) is 19.2. The third-order valence-electron chi connectivity index (χ3n) is 4.29. The van der Waals surface area contributed by atoms with Crippen LogP contribution < -0.4 is 10.1 Å². The number of aliphatic hydroxyl groups is 1. The molecule has 0 unspecified atom stereocenters. The van der Waals surface area contributed by atoms with Gasteiger partial charge in [0, 0.05) is 38.5 Å². The predicted molar refractivity (Wildman–Crippen MR) is 90.8 cm³/mol. The predicted octanol–water partition coefficient (Wildman–Crippen LogP) is 2.65. The van der Waals surface area contributed by atoms with Crippen molar-refractivity contribution >= 4 is 5.91 Å². The molecule has 0 radical (unpaired) electrons. The summed E-state index contributed by atoms with van der Waals surface area (Å²) < 4.78 is 41.4. The minimum atomic E-state index is -4.76. The Morgan fingerprint density at radius 3 is 2.85 bits per heavy atom. The van der Waals surface area contributed by atoms with Crippen molar-refractivity contribution in [1.82, 2.24) is 10.2 Å². The zero-order valence-corrected chi connectivity index (χ0v) is 14.8. The standard InChI is InChI=1S/C18H25F3N2O3/c1-2-7-22-17(25)10-14(11-23-8-6-15(24)12-23)13-4-3-5-16(9-13)26-18(19,20)21/h3-5,9,14-15,24H,2,6-8,10-12H2,1H3,(H,22,25)/t14-,15+/m1/s1. The van der Waals surface area contributed by atoms with Crippen LogP contribution in [0.3, 0.4) is 0 Å². The van der Waals surface area contributed by atoms with E-state index in [1.165, 1.54) is 18.2 Å². The first-order chi connectivity index (χ1) is 12.3. The van der Waals surface area contributed by atoms with Crippen LogP contribution in [-0.4, -0.2) is 54.6 Å². The van der Waals surface area contributed by atoms with Crippen molar-refractivity contribution in [2.24, 2.45) is 0 Å². The van der Waals surface area contributed by atoms with Crippen molar-refractivity contribution in [3.8, 4) is 5.75 Å². The summed E-state index contributed by atoms with van der Waals surface area (Å²) in [5.41, 5.74) is 0.611. The van der Waals surface area contributed by atoms with Gasteiger partial charge >= 0.3 is 6.36 Å². The number of nitrogens with one attached hydrogen (secondary N) is 1. The number of carbonyl (C=O) groups excluding carboxylic acids is 1. The maximum atomic E-state index is 12.5. The molecule has 1 fully saturated rings. The molecule has 5 nitrogen and oxygen atoms in total. The smallest absolute Gasteiger partial charge is 0.406 e. The number of likely N-dealkylation sites (tertiary alicyclic amines) is 1. The van der Waals surface area contributed by atoms with Crippen LogP contribution in [0.4, 0.5) is 13.2 Å². The molecule has 0 bridgehead atoms. The van der Waals surface area contributed by atoms with Crippen molar-refractivity contribution in [3.05, 3.63) is 29.8 Å². The number of hydrogen-bond donors (Lipinski definition) is 2. The van der Waals surface area contributed by atoms with Gasteiger partial charge < -0.3 is 20.1 Å². The summed E-state index contributed by atoms with van der Waals surface area (Å²) in [6.07, 6.45) is -3.52. The van der Waals surface area contributed by atoms with E-state index in [0.717, 1.165) is 6.42 Å². The summed E-state index contributed by atoms with van der Waals surface area (Å²) in [5.74, 6) is -0.719. The van der Waals surface area contributed by atoms with E-state index in [1.54, 1.807) is 6.07 Å². The molecule has 26 heavy (non-hydrogen) atoms. The minimum Gasteiger partial charge on any atom is -0.406 e. The summed E-state index contributed by atoms with van der Waals surface area (Å²) in [6.45, 7) is 4.21. The van der Waals surface area contributed by atoms with Crippen molar-refractivity contribution < 1.29 is 27.8 Å². The molecule has 2 N–H and O–H groups in total. The van der Waals surface area contributed by atoms with Crippen molar-refractivity contribution in [1.29, 1.82) is 0 Å². The van der Waals surface area contributed by atoms with Crippen molar-refractivity contribution in [3.63, 3.8) is 0 Å². The molecule has 1 aromatic carbocycles. The fourth-order valence-corrected chi connectivity index (χ4v) is 3.10. The monoisotopic (exact) mass is 374 g/mol. The lowest BCUT2D eigenvalue weighted by Crippen LogP contribution is -2.32. The lowest BCUT2D eigenvalue weighted by Gasteiger charge is -2.24. The summed E-state index contributed by atoms with van der Waals surface area (Å²) in [6, 6.07) is 5.77. The lowest BCUT2D eigenvalue weighted by atomic mass is 9.94. The molecule has 1 saturated heterocycles. The summed E-state index contributed by atoms with van der Waals surface area (Å²) >= 11 is 0. The number of halogens is 3. The zero-order valence-electron chi connectivity index (χ0n) is 14.8. The number of benzene rings is 1. The summed E-state index contributed by atoms with van der Waals surface area (Å²) in [5, 5.41) is 12.5. The number of nitrogens with zero attached hydrogens (tertiary/aromatic N) is 1. The number of hydrogen-bond acceptors (Lipinski definition) is 4. The lowest BCUT2D eigenvalue weighted by molar-refractivity contribution is -0.274. The number of amides is 1. The van der Waals surface area contributed by atoms with Gasteiger partial charge in [-0.15, -0.1) is 13.2 Å². The molecule has 1 aromatic rings. The molecular formula is C18H25F3N2O3. The highest BCUT2D eigenvalue weighted by Gasteiger charge is 2.31. The number of aliphatic hydroxyl groups excluding tert-OH is 1. The number of alkyl halides is 3. The Morgan fingerprint density at radius 2 is 2.23 bits per heavy atom. The highest BCUT2D eigenvalue weighted by atomic mass is 19.4. The summed E-state index contributed by atoms with van der Waals surface area (Å²) in [4.78, 5) is 14.2. The quantitative estimate of drug-likeness (QED) is 0.734. The molecule has 1 amide bonds. The van der Waals surface area contributed by atoms with Crippen LogP contribution in [0.15, 0.2) is 24.3 Å². The Morgan fingerprint density at radius 1 is 1.46 bits per heavy atom. The largest absolute Gasteiger partial charge is 0.573 e. The van der Waals surface area contributed by atoms with Gasteiger partial charge in [0.1, 0.15) is 5.75 Å². The van der Waals surface area contributed by atoms with Crippen LogP contribution >= 0.6 is 0 Å². The van der Waals surface area contributed by atoms with Crippen molar-refractivity contribution in [2.75, 3.05) is 26.2 Å². The Bertz CT molecular complexity index is 595. The van der Waals surface area contributed by atoms with Gasteiger partial charge in [-0.2, -0.15) is 0 Å². The second kappa shape index (κ2) is 9.23. The molecule has 1 aliphatic rings. The van der Waals surface area contributed by atoms with Gasteiger partial charge in [-0.05, 0) is 30.5 Å². The van der Waals surface area contributed by atoms with Crippen LogP contribution in [0.25, 0.3) is 0 Å². The van der Waals surface area contributed by atoms with Crippen LogP contribution in [0.2, 0.25) is 0 Å². The van der Waals surface area contributed by atoms with E-state index < -0.39 is 12.5 Å². The van der Waals surface area contributed by atoms with E-state index in [-0.39, 0.29) is 24.0 Å². The topological polar surface area (TPSA) is 61.8 Å². The third kappa shape index (κ3) is 6.84. The SMILES string of the molecule is CCCNC(=O)C[C@H](CN1CC[C@H](O)C1)c1cccc(OC(F)(F)F)c1.